The van der Waals surface area contributed by atoms with Gasteiger partial charge in [-0.15, -0.1) is 11.3 Å². The predicted octanol–water partition coefficient (Wildman–Crippen LogP) is 4.59. The van der Waals surface area contributed by atoms with Crippen molar-refractivity contribution >= 4 is 39.1 Å². The predicted molar refractivity (Wildman–Crippen MR) is 132 cm³/mol. The van der Waals surface area contributed by atoms with Gasteiger partial charge in [0.15, 0.2) is 0 Å². The molecule has 0 unspecified atom stereocenters. The van der Waals surface area contributed by atoms with Crippen LogP contribution in [0.1, 0.15) is 54.9 Å². The quantitative estimate of drug-likeness (QED) is 0.530. The number of nitrogens with two attached hydrogens (primary N) is 1. The van der Waals surface area contributed by atoms with Gasteiger partial charge in [-0.2, -0.15) is 4.98 Å². The van der Waals surface area contributed by atoms with E-state index in [1.165, 1.54) is 10.4 Å². The summed E-state index contributed by atoms with van der Waals surface area (Å²) in [6.45, 7) is 0. The number of ether oxygens (including phenoxy) is 1. The van der Waals surface area contributed by atoms with Crippen molar-refractivity contribution in [3.63, 3.8) is 0 Å². The lowest BCUT2D eigenvalue weighted by molar-refractivity contribution is -0.118. The molecule has 2 aliphatic carbocycles. The van der Waals surface area contributed by atoms with Crippen LogP contribution in [0.15, 0.2) is 30.3 Å². The van der Waals surface area contributed by atoms with Crippen molar-refractivity contribution in [2.75, 3.05) is 19.4 Å². The van der Waals surface area contributed by atoms with Gasteiger partial charge in [0, 0.05) is 23.0 Å². The zero-order valence-electron chi connectivity index (χ0n) is 19.2. The molecule has 1 amide bonds. The normalized spacial score (nSPS) is 22.5. The van der Waals surface area contributed by atoms with E-state index in [-0.39, 0.29) is 17.9 Å². The molecule has 0 saturated heterocycles. The summed E-state index contributed by atoms with van der Waals surface area (Å²) in [5.41, 5.74) is 7.68. The standard InChI is InChI=1S/C25H31N5O2S/c1-30(2)17-9-11-18(12-10-17)32-23-22-21-15(14-20(26)31)8-13-19(21)33-24(22)29-25(28-23)27-16-6-4-3-5-7-16/h3-7,15,17-18H,8-14H2,1-2H3,(H2,26,31)(H,27,28,29)/t15-,17-,18-/m1/s1. The van der Waals surface area contributed by atoms with Crippen molar-refractivity contribution in [2.45, 2.75) is 63.0 Å². The van der Waals surface area contributed by atoms with E-state index in [0.29, 0.717) is 24.3 Å². The lowest BCUT2D eigenvalue weighted by Gasteiger charge is -2.32. The van der Waals surface area contributed by atoms with Gasteiger partial charge in [0.2, 0.25) is 17.7 Å². The first-order valence-corrected chi connectivity index (χ1v) is 12.6. The number of para-hydroxylation sites is 1. The van der Waals surface area contributed by atoms with Gasteiger partial charge in [0.05, 0.1) is 5.39 Å². The molecule has 8 heteroatoms. The molecule has 174 valence electrons. The molecule has 1 aromatic carbocycles. The van der Waals surface area contributed by atoms with E-state index in [1.54, 1.807) is 11.3 Å². The largest absolute Gasteiger partial charge is 0.474 e. The molecule has 2 heterocycles. The number of carbonyl (C=O) groups excluding carboxylic acids is 1. The summed E-state index contributed by atoms with van der Waals surface area (Å²) in [5.74, 6) is 1.03. The van der Waals surface area contributed by atoms with Gasteiger partial charge >= 0.3 is 0 Å². The summed E-state index contributed by atoms with van der Waals surface area (Å²) in [6, 6.07) is 10.5. The summed E-state index contributed by atoms with van der Waals surface area (Å²) < 4.78 is 6.59. The van der Waals surface area contributed by atoms with E-state index in [2.05, 4.69) is 24.3 Å². The molecule has 5 rings (SSSR count). The summed E-state index contributed by atoms with van der Waals surface area (Å²) >= 11 is 1.69. The third kappa shape index (κ3) is 4.68. The van der Waals surface area contributed by atoms with Crippen LogP contribution in [0.5, 0.6) is 5.88 Å². The van der Waals surface area contributed by atoms with E-state index in [1.807, 2.05) is 30.3 Å². The number of nitrogens with one attached hydrogen (secondary N) is 1. The Hall–Kier alpha value is -2.71. The number of carbonyl (C=O) groups is 1. The first-order valence-electron chi connectivity index (χ1n) is 11.7. The molecule has 1 atom stereocenters. The minimum absolute atomic E-state index is 0.120. The van der Waals surface area contributed by atoms with Gasteiger partial charge in [0.25, 0.3) is 0 Å². The van der Waals surface area contributed by atoms with Crippen LogP contribution in [0.25, 0.3) is 10.2 Å². The fourth-order valence-electron chi connectivity index (χ4n) is 5.18. The maximum Gasteiger partial charge on any atom is 0.231 e. The second kappa shape index (κ2) is 9.27. The number of aromatic nitrogens is 2. The molecular formula is C25H31N5O2S. The fourth-order valence-corrected chi connectivity index (χ4v) is 6.44. The van der Waals surface area contributed by atoms with Crippen molar-refractivity contribution in [1.29, 1.82) is 0 Å². The number of aryl methyl sites for hydroxylation is 1. The Balaban J connectivity index is 1.50. The molecule has 7 nitrogen and oxygen atoms in total. The highest BCUT2D eigenvalue weighted by Crippen LogP contribution is 2.48. The number of thiophene rings is 1. The van der Waals surface area contributed by atoms with E-state index < -0.39 is 0 Å². The molecule has 33 heavy (non-hydrogen) atoms. The molecule has 0 bridgehead atoms. The highest BCUT2D eigenvalue weighted by atomic mass is 32.1. The third-order valence-electron chi connectivity index (χ3n) is 6.89. The lowest BCUT2D eigenvalue weighted by atomic mass is 9.92. The molecule has 2 aromatic heterocycles. The smallest absolute Gasteiger partial charge is 0.231 e. The number of rotatable bonds is 7. The highest BCUT2D eigenvalue weighted by molar-refractivity contribution is 7.19. The van der Waals surface area contributed by atoms with Crippen LogP contribution in [0, 0.1) is 0 Å². The van der Waals surface area contributed by atoms with Crippen LogP contribution in [-0.4, -0.2) is 47.0 Å². The average molecular weight is 466 g/mol. The van der Waals surface area contributed by atoms with Gasteiger partial charge in [-0.05, 0) is 76.2 Å². The van der Waals surface area contributed by atoms with E-state index in [9.17, 15) is 4.79 Å². The Morgan fingerprint density at radius 2 is 1.91 bits per heavy atom. The second-order valence-electron chi connectivity index (χ2n) is 9.38. The number of benzene rings is 1. The number of nitrogens with zero attached hydrogens (tertiary/aromatic N) is 3. The van der Waals surface area contributed by atoms with E-state index in [4.69, 9.17) is 20.4 Å². The number of hydrogen-bond acceptors (Lipinski definition) is 7. The molecule has 0 aliphatic heterocycles. The number of anilines is 2. The lowest BCUT2D eigenvalue weighted by Crippen LogP contribution is -2.35. The van der Waals surface area contributed by atoms with Gasteiger partial charge in [-0.25, -0.2) is 4.98 Å². The molecule has 3 aromatic rings. The molecule has 0 spiro atoms. The Bertz CT molecular complexity index is 1140. The molecule has 1 fully saturated rings. The molecule has 3 N–H and O–H groups in total. The maximum absolute atomic E-state index is 11.7. The highest BCUT2D eigenvalue weighted by Gasteiger charge is 2.33. The minimum atomic E-state index is -0.264. The summed E-state index contributed by atoms with van der Waals surface area (Å²) in [7, 11) is 4.30. The second-order valence-corrected chi connectivity index (χ2v) is 10.5. The molecule has 1 saturated carbocycles. The maximum atomic E-state index is 11.7. The van der Waals surface area contributed by atoms with Crippen LogP contribution in [0.2, 0.25) is 0 Å². The number of fused-ring (bicyclic) bond motifs is 3. The topological polar surface area (TPSA) is 93.4 Å². The van der Waals surface area contributed by atoms with Crippen molar-refractivity contribution < 1.29 is 9.53 Å². The van der Waals surface area contributed by atoms with Gasteiger partial charge in [-0.1, -0.05) is 18.2 Å². The summed E-state index contributed by atoms with van der Waals surface area (Å²) in [6.07, 6.45) is 6.63. The van der Waals surface area contributed by atoms with Crippen molar-refractivity contribution in [1.82, 2.24) is 14.9 Å². The SMILES string of the molecule is CN(C)[C@H]1CC[C@H](Oc2nc(Nc3ccccc3)nc3sc4c(c23)[C@@H](CC(N)=O)CC4)CC1. The van der Waals surface area contributed by atoms with Crippen molar-refractivity contribution in [3.05, 3.63) is 40.8 Å². The number of hydrogen-bond donors (Lipinski definition) is 2. The zero-order chi connectivity index (χ0) is 22.9. The fraction of sp³-hybridized carbons (Fsp3) is 0.480. The van der Waals surface area contributed by atoms with E-state index in [0.717, 1.165) is 54.4 Å². The van der Waals surface area contributed by atoms with Crippen molar-refractivity contribution in [2.24, 2.45) is 5.73 Å². The Kier molecular flexibility index (Phi) is 6.21. The first-order chi connectivity index (χ1) is 16.0. The van der Waals surface area contributed by atoms with Crippen LogP contribution >= 0.6 is 11.3 Å². The van der Waals surface area contributed by atoms with E-state index >= 15 is 0 Å². The molecular weight excluding hydrogens is 434 g/mol. The monoisotopic (exact) mass is 465 g/mol. The Labute approximate surface area is 198 Å². The zero-order valence-corrected chi connectivity index (χ0v) is 20.0. The van der Waals surface area contributed by atoms with Crippen molar-refractivity contribution in [3.8, 4) is 5.88 Å². The average Bonchev–Trinajstić information content (AvgIpc) is 3.34. The van der Waals surface area contributed by atoms with Gasteiger partial charge < -0.3 is 20.7 Å². The number of amides is 1. The van der Waals surface area contributed by atoms with Gasteiger partial charge in [0.1, 0.15) is 10.9 Å². The van der Waals surface area contributed by atoms with Crippen LogP contribution in [0.3, 0.4) is 0 Å². The first kappa shape index (κ1) is 22.1. The number of primary amides is 1. The Morgan fingerprint density at radius 3 is 2.61 bits per heavy atom. The summed E-state index contributed by atoms with van der Waals surface area (Å²) in [5, 5.41) is 4.31. The Morgan fingerprint density at radius 1 is 1.15 bits per heavy atom. The van der Waals surface area contributed by atoms with Crippen LogP contribution in [-0.2, 0) is 11.2 Å². The molecule has 2 aliphatic rings. The third-order valence-corrected chi connectivity index (χ3v) is 8.05. The minimum Gasteiger partial charge on any atom is -0.474 e. The van der Waals surface area contributed by atoms with Crippen LogP contribution in [0.4, 0.5) is 11.6 Å². The molecule has 0 radical (unpaired) electrons. The van der Waals surface area contributed by atoms with Gasteiger partial charge in [-0.3, -0.25) is 4.79 Å². The van der Waals surface area contributed by atoms with Crippen LogP contribution < -0.4 is 15.8 Å². The summed E-state index contributed by atoms with van der Waals surface area (Å²) in [4.78, 5) is 25.9.